The molecule has 1 heterocycles. The topological polar surface area (TPSA) is 42.0 Å². The second-order valence-electron chi connectivity index (χ2n) is 6.67. The lowest BCUT2D eigenvalue weighted by Gasteiger charge is -2.09. The number of amides is 1. The highest BCUT2D eigenvalue weighted by molar-refractivity contribution is 7.15. The van der Waals surface area contributed by atoms with Crippen molar-refractivity contribution in [1.29, 1.82) is 0 Å². The van der Waals surface area contributed by atoms with Crippen LogP contribution >= 0.6 is 34.5 Å². The number of nitrogens with one attached hydrogen (secondary N) is 1. The minimum absolute atomic E-state index is 0.000609. The van der Waals surface area contributed by atoms with Gasteiger partial charge in [-0.15, -0.1) is 11.3 Å². The molecule has 1 amide bonds. The molecular formula is C21H12Cl2F6N2OS. The summed E-state index contributed by atoms with van der Waals surface area (Å²) >= 11 is 12.9. The molecule has 0 aliphatic carbocycles. The molecule has 0 aliphatic rings. The Labute approximate surface area is 197 Å². The summed E-state index contributed by atoms with van der Waals surface area (Å²) in [5.74, 6) is -0.679. The summed E-state index contributed by atoms with van der Waals surface area (Å²) in [5, 5.41) is 2.77. The van der Waals surface area contributed by atoms with Crippen molar-refractivity contribution >= 4 is 51.7 Å². The van der Waals surface area contributed by atoms with Crippen LogP contribution in [0.4, 0.5) is 31.5 Å². The van der Waals surface area contributed by atoms with Crippen molar-refractivity contribution in [3.63, 3.8) is 0 Å². The Balaban J connectivity index is 1.69. The Morgan fingerprint density at radius 3 is 2.21 bits per heavy atom. The first-order chi connectivity index (χ1) is 15.3. The summed E-state index contributed by atoms with van der Waals surface area (Å²) in [5.41, 5.74) is -1.50. The molecule has 0 bridgehead atoms. The Bertz CT molecular complexity index is 1200. The minimum atomic E-state index is -4.56. The molecular weight excluding hydrogens is 513 g/mol. The molecule has 1 N–H and O–H groups in total. The van der Waals surface area contributed by atoms with Crippen LogP contribution in [0, 0.1) is 0 Å². The van der Waals surface area contributed by atoms with Crippen molar-refractivity contribution in [2.75, 3.05) is 5.32 Å². The largest absolute Gasteiger partial charge is 0.416 e. The fourth-order valence-corrected chi connectivity index (χ4v) is 3.88. The van der Waals surface area contributed by atoms with Crippen LogP contribution in [-0.2, 0) is 23.6 Å². The van der Waals surface area contributed by atoms with Gasteiger partial charge in [-0.3, -0.25) is 10.1 Å². The number of thiazole rings is 1. The van der Waals surface area contributed by atoms with E-state index in [1.165, 1.54) is 6.20 Å². The number of aromatic nitrogens is 1. The van der Waals surface area contributed by atoms with E-state index < -0.39 is 29.4 Å². The van der Waals surface area contributed by atoms with Crippen LogP contribution in [0.25, 0.3) is 6.08 Å². The van der Waals surface area contributed by atoms with Gasteiger partial charge >= 0.3 is 12.4 Å². The second-order valence-corrected chi connectivity index (χ2v) is 8.60. The summed E-state index contributed by atoms with van der Waals surface area (Å²) in [4.78, 5) is 16.6. The third-order valence-corrected chi connectivity index (χ3v) is 5.88. The maximum atomic E-state index is 12.9. The van der Waals surface area contributed by atoms with Crippen molar-refractivity contribution in [3.8, 4) is 0 Å². The highest BCUT2D eigenvalue weighted by Crippen LogP contribution is 2.34. The molecule has 0 unspecified atom stereocenters. The highest BCUT2D eigenvalue weighted by Gasteiger charge is 2.31. The summed E-state index contributed by atoms with van der Waals surface area (Å²) in [6, 6.07) is 5.70. The van der Waals surface area contributed by atoms with Gasteiger partial charge in [0.25, 0.3) is 0 Å². The van der Waals surface area contributed by atoms with Gasteiger partial charge < -0.3 is 0 Å². The van der Waals surface area contributed by atoms with Gasteiger partial charge in [0.05, 0.1) is 11.1 Å². The number of anilines is 1. The fraction of sp³-hybridized carbons (Fsp3) is 0.143. The Hall–Kier alpha value is -2.56. The number of hydrogen-bond donors (Lipinski definition) is 1. The van der Waals surface area contributed by atoms with Gasteiger partial charge in [0.1, 0.15) is 0 Å². The van der Waals surface area contributed by atoms with Gasteiger partial charge in [-0.05, 0) is 53.6 Å². The first kappa shape index (κ1) is 25.1. The molecule has 0 saturated heterocycles. The zero-order valence-electron chi connectivity index (χ0n) is 16.2. The number of hydrogen-bond acceptors (Lipinski definition) is 3. The lowest BCUT2D eigenvalue weighted by atomic mass is 10.1. The number of alkyl halides is 6. The fourth-order valence-electron chi connectivity index (χ4n) is 2.68. The molecule has 0 atom stereocenters. The Kier molecular flexibility index (Phi) is 7.40. The van der Waals surface area contributed by atoms with E-state index in [4.69, 9.17) is 23.2 Å². The average Bonchev–Trinajstić information content (AvgIpc) is 3.14. The standard InChI is InChI=1S/C21H12Cl2F6N2OS/c22-16-4-2-13(20(24,25)26)7-11(16)1-6-18(32)31-19-30-10-15(33-19)9-12-8-14(21(27,28)29)3-5-17(12)23/h1-8,10H,9H2,(H,30,31,32)/b6-1+. The second kappa shape index (κ2) is 9.74. The zero-order chi connectivity index (χ0) is 24.4. The number of rotatable bonds is 5. The smallest absolute Gasteiger partial charge is 0.298 e. The number of carbonyl (C=O) groups is 1. The van der Waals surface area contributed by atoms with Gasteiger partial charge in [-0.1, -0.05) is 23.2 Å². The first-order valence-electron chi connectivity index (χ1n) is 8.99. The van der Waals surface area contributed by atoms with Crippen LogP contribution in [0.15, 0.2) is 48.7 Å². The third-order valence-electron chi connectivity index (χ3n) is 4.26. The van der Waals surface area contributed by atoms with E-state index in [0.717, 1.165) is 59.9 Å². The van der Waals surface area contributed by atoms with E-state index in [0.29, 0.717) is 4.88 Å². The zero-order valence-corrected chi connectivity index (χ0v) is 18.5. The molecule has 3 rings (SSSR count). The van der Waals surface area contributed by atoms with Gasteiger partial charge in [0.15, 0.2) is 5.13 Å². The van der Waals surface area contributed by atoms with E-state index in [-0.39, 0.29) is 32.7 Å². The molecule has 0 fully saturated rings. The van der Waals surface area contributed by atoms with Gasteiger partial charge in [-0.2, -0.15) is 26.3 Å². The molecule has 174 valence electrons. The van der Waals surface area contributed by atoms with E-state index in [2.05, 4.69) is 10.3 Å². The van der Waals surface area contributed by atoms with Crippen LogP contribution < -0.4 is 5.32 Å². The van der Waals surface area contributed by atoms with E-state index >= 15 is 0 Å². The van der Waals surface area contributed by atoms with Gasteiger partial charge in [0.2, 0.25) is 5.91 Å². The maximum absolute atomic E-state index is 12.9. The van der Waals surface area contributed by atoms with Crippen molar-refractivity contribution < 1.29 is 31.1 Å². The summed E-state index contributed by atoms with van der Waals surface area (Å²) in [6.45, 7) is 0. The van der Waals surface area contributed by atoms with E-state index in [1.807, 2.05) is 0 Å². The number of nitrogens with zero attached hydrogens (tertiary/aromatic N) is 1. The van der Waals surface area contributed by atoms with Crippen molar-refractivity contribution in [2.45, 2.75) is 18.8 Å². The summed E-state index contributed by atoms with van der Waals surface area (Å²) in [6.07, 6.45) is -5.51. The molecule has 12 heteroatoms. The minimum Gasteiger partial charge on any atom is -0.298 e. The molecule has 0 saturated carbocycles. The SMILES string of the molecule is O=C(/C=C/c1cc(C(F)(F)F)ccc1Cl)Nc1ncc(Cc2cc(C(F)(F)F)ccc2Cl)s1. The van der Waals surface area contributed by atoms with E-state index in [9.17, 15) is 31.1 Å². The molecule has 0 spiro atoms. The van der Waals surface area contributed by atoms with Crippen molar-refractivity contribution in [2.24, 2.45) is 0 Å². The molecule has 0 radical (unpaired) electrons. The van der Waals surface area contributed by atoms with Crippen LogP contribution in [0.5, 0.6) is 0 Å². The van der Waals surface area contributed by atoms with Crippen molar-refractivity contribution in [1.82, 2.24) is 4.98 Å². The molecule has 3 nitrogen and oxygen atoms in total. The Morgan fingerprint density at radius 1 is 0.970 bits per heavy atom. The van der Waals surface area contributed by atoms with E-state index in [1.54, 1.807) is 0 Å². The predicted octanol–water partition coefficient (Wildman–Crippen LogP) is 7.73. The van der Waals surface area contributed by atoms with Crippen LogP contribution in [-0.4, -0.2) is 10.9 Å². The molecule has 2 aromatic carbocycles. The molecule has 0 aliphatic heterocycles. The molecule has 3 aromatic rings. The summed E-state index contributed by atoms with van der Waals surface area (Å²) in [7, 11) is 0. The molecule has 33 heavy (non-hydrogen) atoms. The first-order valence-corrected chi connectivity index (χ1v) is 10.6. The third kappa shape index (κ3) is 6.72. The molecule has 1 aromatic heterocycles. The van der Waals surface area contributed by atoms with Gasteiger partial charge in [-0.25, -0.2) is 4.98 Å². The highest BCUT2D eigenvalue weighted by atomic mass is 35.5. The maximum Gasteiger partial charge on any atom is 0.416 e. The number of carbonyl (C=O) groups excluding carboxylic acids is 1. The van der Waals surface area contributed by atoms with Crippen molar-refractivity contribution in [3.05, 3.63) is 85.8 Å². The monoisotopic (exact) mass is 524 g/mol. The average molecular weight is 525 g/mol. The van der Waals surface area contributed by atoms with Crippen LogP contribution in [0.2, 0.25) is 10.0 Å². The lowest BCUT2D eigenvalue weighted by molar-refractivity contribution is -0.138. The predicted molar refractivity (Wildman–Crippen MR) is 115 cm³/mol. The quantitative estimate of drug-likeness (QED) is 0.274. The Morgan fingerprint density at radius 2 is 1.58 bits per heavy atom. The van der Waals surface area contributed by atoms with Crippen LogP contribution in [0.1, 0.15) is 27.1 Å². The van der Waals surface area contributed by atoms with Crippen LogP contribution in [0.3, 0.4) is 0 Å². The number of benzene rings is 2. The lowest BCUT2D eigenvalue weighted by Crippen LogP contribution is -2.07. The number of halogens is 8. The normalized spacial score (nSPS) is 12.4. The summed E-state index contributed by atoms with van der Waals surface area (Å²) < 4.78 is 77.2. The van der Waals surface area contributed by atoms with Gasteiger partial charge in [0, 0.05) is 33.6 Å².